The second-order valence-corrected chi connectivity index (χ2v) is 7.17. The Bertz CT molecular complexity index is 823. The normalized spacial score (nSPS) is 11.5. The van der Waals surface area contributed by atoms with Crippen LogP contribution in [0.3, 0.4) is 0 Å². The van der Waals surface area contributed by atoms with Crippen molar-refractivity contribution in [2.45, 2.75) is 6.54 Å². The standard InChI is InChI=1S/C16H16F2N2O3S/c1-24(22,23)20(10-12-6-8-13(17)9-7-12)11-16(21)19-15-5-3-2-4-14(15)18/h2-9H,10-11H2,1H3,(H,19,21). The quantitative estimate of drug-likeness (QED) is 0.866. The van der Waals surface area contributed by atoms with Crippen LogP contribution in [0.25, 0.3) is 0 Å². The number of hydrogen-bond donors (Lipinski definition) is 1. The van der Waals surface area contributed by atoms with Gasteiger partial charge in [0.15, 0.2) is 0 Å². The third-order valence-electron chi connectivity index (χ3n) is 3.21. The maximum atomic E-state index is 13.5. The van der Waals surface area contributed by atoms with E-state index < -0.39 is 34.1 Å². The molecule has 0 heterocycles. The van der Waals surface area contributed by atoms with E-state index >= 15 is 0 Å². The Balaban J connectivity index is 2.10. The van der Waals surface area contributed by atoms with E-state index in [0.717, 1.165) is 10.6 Å². The van der Waals surface area contributed by atoms with Gasteiger partial charge in [-0.3, -0.25) is 4.79 Å². The number of carbonyl (C=O) groups excluding carboxylic acids is 1. The van der Waals surface area contributed by atoms with Gasteiger partial charge in [-0.2, -0.15) is 4.31 Å². The van der Waals surface area contributed by atoms with Crippen molar-refractivity contribution in [3.8, 4) is 0 Å². The number of anilines is 1. The molecule has 2 rings (SSSR count). The Morgan fingerprint density at radius 1 is 1.08 bits per heavy atom. The lowest BCUT2D eigenvalue weighted by Crippen LogP contribution is -2.37. The first-order chi connectivity index (χ1) is 11.3. The number of halogens is 2. The van der Waals surface area contributed by atoms with Crippen LogP contribution < -0.4 is 5.32 Å². The zero-order chi connectivity index (χ0) is 17.7. The summed E-state index contributed by atoms with van der Waals surface area (Å²) in [4.78, 5) is 12.0. The minimum Gasteiger partial charge on any atom is -0.322 e. The van der Waals surface area contributed by atoms with Gasteiger partial charge in [0, 0.05) is 6.54 Å². The van der Waals surface area contributed by atoms with Crippen molar-refractivity contribution in [2.24, 2.45) is 0 Å². The molecule has 0 saturated heterocycles. The predicted octanol–water partition coefficient (Wildman–Crippen LogP) is 2.37. The summed E-state index contributed by atoms with van der Waals surface area (Å²) in [5.74, 6) is -1.73. The largest absolute Gasteiger partial charge is 0.322 e. The molecule has 0 aliphatic heterocycles. The zero-order valence-corrected chi connectivity index (χ0v) is 13.7. The molecule has 0 fully saturated rings. The van der Waals surface area contributed by atoms with Crippen LogP contribution >= 0.6 is 0 Å². The molecule has 0 aliphatic carbocycles. The maximum absolute atomic E-state index is 13.5. The molecule has 0 spiro atoms. The van der Waals surface area contributed by atoms with E-state index in [4.69, 9.17) is 0 Å². The van der Waals surface area contributed by atoms with Crippen molar-refractivity contribution in [2.75, 3.05) is 18.1 Å². The number of nitrogens with zero attached hydrogens (tertiary/aromatic N) is 1. The Morgan fingerprint density at radius 3 is 2.29 bits per heavy atom. The molecule has 1 N–H and O–H groups in total. The summed E-state index contributed by atoms with van der Waals surface area (Å²) in [5, 5.41) is 2.33. The molecule has 5 nitrogen and oxygen atoms in total. The van der Waals surface area contributed by atoms with Crippen LogP contribution in [0.4, 0.5) is 14.5 Å². The van der Waals surface area contributed by atoms with Gasteiger partial charge in [0.1, 0.15) is 11.6 Å². The third kappa shape index (κ3) is 5.10. The molecule has 0 bridgehead atoms. The molecule has 2 aromatic carbocycles. The average molecular weight is 354 g/mol. The number of nitrogens with one attached hydrogen (secondary N) is 1. The van der Waals surface area contributed by atoms with E-state index in [1.54, 1.807) is 6.07 Å². The smallest absolute Gasteiger partial charge is 0.239 e. The molecule has 1 amide bonds. The molecule has 0 aromatic heterocycles. The predicted molar refractivity (Wildman–Crippen MR) is 86.7 cm³/mol. The number of sulfonamides is 1. The number of benzene rings is 2. The van der Waals surface area contributed by atoms with Crippen LogP contribution in [0.5, 0.6) is 0 Å². The fraction of sp³-hybridized carbons (Fsp3) is 0.188. The van der Waals surface area contributed by atoms with Gasteiger partial charge in [0.2, 0.25) is 15.9 Å². The molecule has 128 valence electrons. The molecule has 0 unspecified atom stereocenters. The number of para-hydroxylation sites is 1. The van der Waals surface area contributed by atoms with Gasteiger partial charge in [0.25, 0.3) is 0 Å². The van der Waals surface area contributed by atoms with Crippen LogP contribution in [0.15, 0.2) is 48.5 Å². The summed E-state index contributed by atoms with van der Waals surface area (Å²) in [6, 6.07) is 10.9. The van der Waals surface area contributed by atoms with Gasteiger partial charge in [-0.25, -0.2) is 17.2 Å². The van der Waals surface area contributed by atoms with Crippen LogP contribution in [0.1, 0.15) is 5.56 Å². The van der Waals surface area contributed by atoms with E-state index in [2.05, 4.69) is 5.32 Å². The highest BCUT2D eigenvalue weighted by Crippen LogP contribution is 2.14. The summed E-state index contributed by atoms with van der Waals surface area (Å²) in [6.07, 6.45) is 0.965. The molecule has 2 aromatic rings. The molecule has 0 radical (unpaired) electrons. The summed E-state index contributed by atoms with van der Waals surface area (Å²) in [6.45, 7) is -0.575. The van der Waals surface area contributed by atoms with Crippen molar-refractivity contribution in [3.63, 3.8) is 0 Å². The minimum absolute atomic E-state index is 0.0299. The molecular formula is C16H16F2N2O3S. The number of hydrogen-bond acceptors (Lipinski definition) is 3. The monoisotopic (exact) mass is 354 g/mol. The third-order valence-corrected chi connectivity index (χ3v) is 4.41. The summed E-state index contributed by atoms with van der Waals surface area (Å²) in [7, 11) is -3.69. The summed E-state index contributed by atoms with van der Waals surface area (Å²) < 4.78 is 51.1. The fourth-order valence-electron chi connectivity index (χ4n) is 2.00. The Kier molecular flexibility index (Phi) is 5.63. The molecule has 0 atom stereocenters. The van der Waals surface area contributed by atoms with Crippen molar-refractivity contribution in [3.05, 3.63) is 65.7 Å². The van der Waals surface area contributed by atoms with Crippen LogP contribution in [-0.2, 0) is 21.4 Å². The number of amides is 1. The van der Waals surface area contributed by atoms with Gasteiger partial charge in [-0.05, 0) is 29.8 Å². The maximum Gasteiger partial charge on any atom is 0.239 e. The summed E-state index contributed by atoms with van der Waals surface area (Å²) in [5.41, 5.74) is 0.498. The first kappa shape index (κ1) is 18.0. The van der Waals surface area contributed by atoms with E-state index in [0.29, 0.717) is 5.56 Å². The molecule has 24 heavy (non-hydrogen) atoms. The highest BCUT2D eigenvalue weighted by atomic mass is 32.2. The van der Waals surface area contributed by atoms with Gasteiger partial charge in [-0.15, -0.1) is 0 Å². The van der Waals surface area contributed by atoms with E-state index in [1.165, 1.54) is 42.5 Å². The zero-order valence-electron chi connectivity index (χ0n) is 12.9. The summed E-state index contributed by atoms with van der Waals surface area (Å²) >= 11 is 0. The fourth-order valence-corrected chi connectivity index (χ4v) is 2.73. The van der Waals surface area contributed by atoms with Crippen LogP contribution in [-0.4, -0.2) is 31.4 Å². The van der Waals surface area contributed by atoms with E-state index in [9.17, 15) is 22.0 Å². The van der Waals surface area contributed by atoms with Gasteiger partial charge >= 0.3 is 0 Å². The molecular weight excluding hydrogens is 338 g/mol. The Morgan fingerprint density at radius 2 is 1.71 bits per heavy atom. The molecule has 8 heteroatoms. The second-order valence-electron chi connectivity index (χ2n) is 5.19. The van der Waals surface area contributed by atoms with Crippen molar-refractivity contribution >= 4 is 21.6 Å². The number of carbonyl (C=O) groups is 1. The first-order valence-corrected chi connectivity index (χ1v) is 8.84. The average Bonchev–Trinajstić information content (AvgIpc) is 2.50. The van der Waals surface area contributed by atoms with Crippen molar-refractivity contribution < 1.29 is 22.0 Å². The van der Waals surface area contributed by atoms with E-state index in [1.807, 2.05) is 0 Å². The molecule has 0 saturated carbocycles. The topological polar surface area (TPSA) is 66.5 Å². The van der Waals surface area contributed by atoms with Gasteiger partial charge < -0.3 is 5.32 Å². The highest BCUT2D eigenvalue weighted by Gasteiger charge is 2.21. The van der Waals surface area contributed by atoms with Crippen LogP contribution in [0.2, 0.25) is 0 Å². The van der Waals surface area contributed by atoms with E-state index in [-0.39, 0.29) is 12.2 Å². The molecule has 0 aliphatic rings. The van der Waals surface area contributed by atoms with Crippen molar-refractivity contribution in [1.82, 2.24) is 4.31 Å². The van der Waals surface area contributed by atoms with Gasteiger partial charge in [-0.1, -0.05) is 24.3 Å². The van der Waals surface area contributed by atoms with Crippen LogP contribution in [0, 0.1) is 11.6 Å². The second kappa shape index (κ2) is 7.50. The lowest BCUT2D eigenvalue weighted by atomic mass is 10.2. The Labute approximate surface area is 139 Å². The lowest BCUT2D eigenvalue weighted by molar-refractivity contribution is -0.116. The number of rotatable bonds is 6. The highest BCUT2D eigenvalue weighted by molar-refractivity contribution is 7.88. The van der Waals surface area contributed by atoms with Gasteiger partial charge in [0.05, 0.1) is 18.5 Å². The first-order valence-electron chi connectivity index (χ1n) is 6.99. The Hall–Kier alpha value is -2.32. The SMILES string of the molecule is CS(=O)(=O)N(CC(=O)Nc1ccccc1F)Cc1ccc(F)cc1. The minimum atomic E-state index is -3.69. The lowest BCUT2D eigenvalue weighted by Gasteiger charge is -2.19. The van der Waals surface area contributed by atoms with Crippen molar-refractivity contribution in [1.29, 1.82) is 0 Å².